The fourth-order valence-electron chi connectivity index (χ4n) is 1.90. The van der Waals surface area contributed by atoms with Gasteiger partial charge in [0.25, 0.3) is 0 Å². The van der Waals surface area contributed by atoms with Crippen LogP contribution in [0.1, 0.15) is 38.7 Å². The number of nitrogens with one attached hydrogen (secondary N) is 1. The van der Waals surface area contributed by atoms with E-state index >= 15 is 0 Å². The lowest BCUT2D eigenvalue weighted by atomic mass is 10.1. The van der Waals surface area contributed by atoms with Crippen molar-refractivity contribution in [2.75, 3.05) is 6.61 Å². The maximum atomic E-state index is 11.5. The molecule has 0 fully saturated rings. The molecule has 18 heavy (non-hydrogen) atoms. The first-order valence-electron chi connectivity index (χ1n) is 6.69. The van der Waals surface area contributed by atoms with E-state index in [9.17, 15) is 4.79 Å². The van der Waals surface area contributed by atoms with Gasteiger partial charge < -0.3 is 10.1 Å². The third-order valence-electron chi connectivity index (χ3n) is 2.79. The van der Waals surface area contributed by atoms with Crippen molar-refractivity contribution in [2.24, 2.45) is 0 Å². The van der Waals surface area contributed by atoms with Gasteiger partial charge in [0.15, 0.2) is 0 Å². The number of rotatable bonds is 8. The molecule has 0 saturated heterocycles. The summed E-state index contributed by atoms with van der Waals surface area (Å²) < 4.78 is 4.99. The molecule has 0 amide bonds. The monoisotopic (exact) mass is 249 g/mol. The molecule has 0 aliphatic carbocycles. The molecule has 0 saturated carbocycles. The van der Waals surface area contributed by atoms with Crippen molar-refractivity contribution in [2.45, 2.75) is 45.7 Å². The van der Waals surface area contributed by atoms with Gasteiger partial charge in [-0.1, -0.05) is 43.7 Å². The van der Waals surface area contributed by atoms with Gasteiger partial charge in [-0.25, -0.2) is 0 Å². The van der Waals surface area contributed by atoms with E-state index in [1.807, 2.05) is 25.1 Å². The van der Waals surface area contributed by atoms with Gasteiger partial charge in [0.1, 0.15) is 0 Å². The Morgan fingerprint density at radius 3 is 2.61 bits per heavy atom. The van der Waals surface area contributed by atoms with E-state index in [1.165, 1.54) is 5.56 Å². The molecule has 0 unspecified atom stereocenters. The maximum Gasteiger partial charge on any atom is 0.307 e. The molecule has 0 bridgehead atoms. The topological polar surface area (TPSA) is 38.3 Å². The summed E-state index contributed by atoms with van der Waals surface area (Å²) in [6.07, 6.45) is 2.51. The first-order valence-corrected chi connectivity index (χ1v) is 6.69. The molecule has 100 valence electrons. The number of esters is 1. The van der Waals surface area contributed by atoms with Crippen LogP contribution < -0.4 is 5.32 Å². The molecule has 1 aromatic rings. The fraction of sp³-hybridized carbons (Fsp3) is 0.533. The van der Waals surface area contributed by atoms with Crippen LogP contribution in [0, 0.1) is 0 Å². The average molecular weight is 249 g/mol. The van der Waals surface area contributed by atoms with Gasteiger partial charge in [-0.2, -0.15) is 0 Å². The van der Waals surface area contributed by atoms with Crippen LogP contribution in [0.5, 0.6) is 0 Å². The summed E-state index contributed by atoms with van der Waals surface area (Å²) in [5, 5.41) is 3.43. The van der Waals surface area contributed by atoms with Crippen LogP contribution in [0.3, 0.4) is 0 Å². The Balaban J connectivity index is 2.40. The third kappa shape index (κ3) is 5.82. The van der Waals surface area contributed by atoms with Gasteiger partial charge in [-0.15, -0.1) is 0 Å². The lowest BCUT2D eigenvalue weighted by Gasteiger charge is -2.17. The van der Waals surface area contributed by atoms with Crippen molar-refractivity contribution in [3.63, 3.8) is 0 Å². The minimum Gasteiger partial charge on any atom is -0.466 e. The maximum absolute atomic E-state index is 11.5. The number of ether oxygens (including phenoxy) is 1. The zero-order valence-electron chi connectivity index (χ0n) is 11.3. The molecule has 3 heteroatoms. The molecule has 0 radical (unpaired) electrons. The van der Waals surface area contributed by atoms with E-state index in [0.29, 0.717) is 13.0 Å². The van der Waals surface area contributed by atoms with Crippen LogP contribution in [0.4, 0.5) is 0 Å². The molecule has 0 aliphatic heterocycles. The standard InChI is InChI=1S/C15H23NO2/c1-3-8-14(11-15(17)18-4-2)16-12-13-9-6-5-7-10-13/h5-7,9-10,14,16H,3-4,8,11-12H2,1-2H3/t14-/m0/s1. The van der Waals surface area contributed by atoms with Crippen molar-refractivity contribution >= 4 is 5.97 Å². The zero-order chi connectivity index (χ0) is 13.2. The van der Waals surface area contributed by atoms with E-state index in [4.69, 9.17) is 4.74 Å². The lowest BCUT2D eigenvalue weighted by molar-refractivity contribution is -0.143. The number of carbonyl (C=O) groups is 1. The highest BCUT2D eigenvalue weighted by atomic mass is 16.5. The molecule has 1 rings (SSSR count). The first kappa shape index (κ1) is 14.7. The van der Waals surface area contributed by atoms with Crippen LogP contribution in [-0.4, -0.2) is 18.6 Å². The molecule has 1 N–H and O–H groups in total. The van der Waals surface area contributed by atoms with Crippen molar-refractivity contribution in [1.29, 1.82) is 0 Å². The van der Waals surface area contributed by atoms with Crippen LogP contribution in [0.2, 0.25) is 0 Å². The highest BCUT2D eigenvalue weighted by molar-refractivity contribution is 5.70. The van der Waals surface area contributed by atoms with E-state index in [2.05, 4.69) is 24.4 Å². The van der Waals surface area contributed by atoms with Crippen LogP contribution in [-0.2, 0) is 16.1 Å². The number of carbonyl (C=O) groups excluding carboxylic acids is 1. The van der Waals surface area contributed by atoms with Crippen LogP contribution in [0.25, 0.3) is 0 Å². The molecule has 0 aliphatic rings. The van der Waals surface area contributed by atoms with Crippen molar-refractivity contribution < 1.29 is 9.53 Å². The van der Waals surface area contributed by atoms with Gasteiger partial charge in [-0.3, -0.25) is 4.79 Å². The van der Waals surface area contributed by atoms with Crippen molar-refractivity contribution in [3.8, 4) is 0 Å². The Kier molecular flexibility index (Phi) is 7.11. The molecule has 0 spiro atoms. The second-order valence-corrected chi connectivity index (χ2v) is 4.36. The average Bonchev–Trinajstić information content (AvgIpc) is 2.38. The highest BCUT2D eigenvalue weighted by Gasteiger charge is 2.13. The minimum absolute atomic E-state index is 0.114. The van der Waals surface area contributed by atoms with Crippen LogP contribution in [0.15, 0.2) is 30.3 Å². The summed E-state index contributed by atoms with van der Waals surface area (Å²) in [4.78, 5) is 11.5. The smallest absolute Gasteiger partial charge is 0.307 e. The predicted octanol–water partition coefficient (Wildman–Crippen LogP) is 2.90. The van der Waals surface area contributed by atoms with Gasteiger partial charge in [0, 0.05) is 12.6 Å². The summed E-state index contributed by atoms with van der Waals surface area (Å²) in [7, 11) is 0. The van der Waals surface area contributed by atoms with E-state index in [1.54, 1.807) is 0 Å². The summed E-state index contributed by atoms with van der Waals surface area (Å²) in [5.41, 5.74) is 1.24. The van der Waals surface area contributed by atoms with Gasteiger partial charge in [-0.05, 0) is 18.9 Å². The normalized spacial score (nSPS) is 12.1. The summed E-state index contributed by atoms with van der Waals surface area (Å²) in [5.74, 6) is -0.114. The second kappa shape index (κ2) is 8.70. The van der Waals surface area contributed by atoms with E-state index < -0.39 is 0 Å². The molecular weight excluding hydrogens is 226 g/mol. The van der Waals surface area contributed by atoms with E-state index in [-0.39, 0.29) is 12.0 Å². The molecule has 0 aromatic heterocycles. The molecule has 1 atom stereocenters. The Labute approximate surface area is 110 Å². The largest absolute Gasteiger partial charge is 0.466 e. The molecule has 3 nitrogen and oxygen atoms in total. The fourth-order valence-corrected chi connectivity index (χ4v) is 1.90. The first-order chi connectivity index (χ1) is 8.76. The summed E-state index contributed by atoms with van der Waals surface area (Å²) in [6, 6.07) is 10.4. The Bertz CT molecular complexity index is 338. The zero-order valence-corrected chi connectivity index (χ0v) is 11.3. The summed E-state index contributed by atoms with van der Waals surface area (Å²) >= 11 is 0. The number of benzene rings is 1. The molecular formula is C15H23NO2. The molecule has 1 aromatic carbocycles. The Morgan fingerprint density at radius 1 is 1.28 bits per heavy atom. The highest BCUT2D eigenvalue weighted by Crippen LogP contribution is 2.06. The number of hydrogen-bond acceptors (Lipinski definition) is 3. The molecule has 0 heterocycles. The number of hydrogen-bond donors (Lipinski definition) is 1. The van der Waals surface area contributed by atoms with Gasteiger partial charge in [0.05, 0.1) is 13.0 Å². The van der Waals surface area contributed by atoms with Crippen LogP contribution >= 0.6 is 0 Å². The quantitative estimate of drug-likeness (QED) is 0.720. The van der Waals surface area contributed by atoms with Gasteiger partial charge >= 0.3 is 5.97 Å². The second-order valence-electron chi connectivity index (χ2n) is 4.36. The van der Waals surface area contributed by atoms with Crippen molar-refractivity contribution in [3.05, 3.63) is 35.9 Å². The minimum atomic E-state index is -0.114. The Morgan fingerprint density at radius 2 is 2.00 bits per heavy atom. The van der Waals surface area contributed by atoms with Gasteiger partial charge in [0.2, 0.25) is 0 Å². The Hall–Kier alpha value is -1.35. The van der Waals surface area contributed by atoms with Crippen molar-refractivity contribution in [1.82, 2.24) is 5.32 Å². The third-order valence-corrected chi connectivity index (χ3v) is 2.79. The predicted molar refractivity (Wildman–Crippen MR) is 73.2 cm³/mol. The lowest BCUT2D eigenvalue weighted by Crippen LogP contribution is -2.31. The van der Waals surface area contributed by atoms with E-state index in [0.717, 1.165) is 19.4 Å². The summed E-state index contributed by atoms with van der Waals surface area (Å²) in [6.45, 7) is 5.22. The SMILES string of the molecule is CCC[C@@H](CC(=O)OCC)NCc1ccccc1.